The van der Waals surface area contributed by atoms with Crippen LogP contribution < -0.4 is 0 Å². The molecule has 0 aliphatic rings. The highest BCUT2D eigenvalue weighted by atomic mass is 16.5. The molecule has 1 rings (SSSR count). The van der Waals surface area contributed by atoms with E-state index in [0.29, 0.717) is 5.69 Å². The van der Waals surface area contributed by atoms with Gasteiger partial charge in [0.15, 0.2) is 5.78 Å². The van der Waals surface area contributed by atoms with E-state index in [1.807, 2.05) is 20.8 Å². The fourth-order valence-corrected chi connectivity index (χ4v) is 1.46. The Balaban J connectivity index is 2.81. The van der Waals surface area contributed by atoms with Crippen molar-refractivity contribution in [3.63, 3.8) is 0 Å². The average molecular weight is 238 g/mol. The van der Waals surface area contributed by atoms with Crippen LogP contribution >= 0.6 is 0 Å². The quantitative estimate of drug-likeness (QED) is 0.580. The van der Waals surface area contributed by atoms with Gasteiger partial charge in [0.2, 0.25) is 0 Å². The molecule has 1 heterocycles. The first-order valence-corrected chi connectivity index (χ1v) is 5.64. The summed E-state index contributed by atoms with van der Waals surface area (Å²) < 4.78 is 6.51. The molecule has 0 saturated heterocycles. The zero-order valence-electron chi connectivity index (χ0n) is 10.6. The Hall–Kier alpha value is -1.65. The van der Waals surface area contributed by atoms with Gasteiger partial charge in [-0.3, -0.25) is 14.3 Å². The lowest BCUT2D eigenvalue weighted by Gasteiger charge is -2.15. The van der Waals surface area contributed by atoms with Gasteiger partial charge in [-0.15, -0.1) is 0 Å². The number of hydrogen-bond acceptors (Lipinski definition) is 4. The molecule has 1 unspecified atom stereocenters. The van der Waals surface area contributed by atoms with Gasteiger partial charge in [0, 0.05) is 19.0 Å². The van der Waals surface area contributed by atoms with Gasteiger partial charge in [-0.25, -0.2) is 0 Å². The van der Waals surface area contributed by atoms with Crippen LogP contribution in [0.4, 0.5) is 0 Å². The molecule has 17 heavy (non-hydrogen) atoms. The summed E-state index contributed by atoms with van der Waals surface area (Å²) in [7, 11) is 0. The third kappa shape index (κ3) is 3.41. The molecule has 1 aromatic rings. The molecule has 0 aliphatic carbocycles. The molecule has 0 fully saturated rings. The first-order valence-electron chi connectivity index (χ1n) is 5.64. The van der Waals surface area contributed by atoms with Crippen molar-refractivity contribution < 1.29 is 14.3 Å². The Labute approximate surface area is 101 Å². The topological polar surface area (TPSA) is 61.2 Å². The molecule has 5 heteroatoms. The molecule has 5 nitrogen and oxygen atoms in total. The summed E-state index contributed by atoms with van der Waals surface area (Å²) in [6, 6.07) is 1.54. The summed E-state index contributed by atoms with van der Waals surface area (Å²) in [5, 5.41) is 4.10. The lowest BCUT2D eigenvalue weighted by Crippen LogP contribution is -2.21. The highest BCUT2D eigenvalue weighted by Gasteiger charge is 2.19. The molecule has 0 N–H and O–H groups in total. The van der Waals surface area contributed by atoms with Gasteiger partial charge in [-0.1, -0.05) is 13.8 Å². The van der Waals surface area contributed by atoms with Crippen LogP contribution in [0.2, 0.25) is 0 Å². The second-order valence-corrected chi connectivity index (χ2v) is 4.33. The van der Waals surface area contributed by atoms with E-state index in [1.54, 1.807) is 16.9 Å². The third-order valence-corrected chi connectivity index (χ3v) is 2.39. The normalized spacial score (nSPS) is 12.5. The average Bonchev–Trinajstić information content (AvgIpc) is 2.73. The minimum Gasteiger partial charge on any atom is -0.464 e. The van der Waals surface area contributed by atoms with Gasteiger partial charge in [0.25, 0.3) is 0 Å². The van der Waals surface area contributed by atoms with Crippen molar-refractivity contribution in [1.29, 1.82) is 0 Å². The number of ketones is 1. The molecule has 0 radical (unpaired) electrons. The van der Waals surface area contributed by atoms with E-state index in [2.05, 4.69) is 5.10 Å². The van der Waals surface area contributed by atoms with Gasteiger partial charge in [-0.05, 0) is 13.0 Å². The van der Waals surface area contributed by atoms with Crippen LogP contribution in [-0.4, -0.2) is 28.1 Å². The van der Waals surface area contributed by atoms with E-state index in [9.17, 15) is 9.59 Å². The Morgan fingerprint density at radius 3 is 2.59 bits per heavy atom. The molecular formula is C12H18N2O3. The fraction of sp³-hybridized carbons (Fsp3) is 0.583. The molecule has 0 saturated carbocycles. The maximum atomic E-state index is 11.9. The van der Waals surface area contributed by atoms with Gasteiger partial charge < -0.3 is 4.74 Å². The highest BCUT2D eigenvalue weighted by Crippen LogP contribution is 2.13. The first-order chi connectivity index (χ1) is 7.93. The van der Waals surface area contributed by atoms with E-state index in [4.69, 9.17) is 4.74 Å². The first kappa shape index (κ1) is 13.4. The highest BCUT2D eigenvalue weighted by molar-refractivity contribution is 5.95. The van der Waals surface area contributed by atoms with Crippen LogP contribution in [0, 0.1) is 5.92 Å². The summed E-state index contributed by atoms with van der Waals surface area (Å²) in [4.78, 5) is 22.6. The van der Waals surface area contributed by atoms with Crippen LogP contribution in [-0.2, 0) is 9.53 Å². The Morgan fingerprint density at radius 2 is 2.06 bits per heavy atom. The number of carbonyl (C=O) groups is 2. The van der Waals surface area contributed by atoms with Crippen molar-refractivity contribution in [3.05, 3.63) is 18.0 Å². The molecule has 0 aromatic carbocycles. The summed E-state index contributed by atoms with van der Waals surface area (Å²) in [5.41, 5.74) is 0.555. The summed E-state index contributed by atoms with van der Waals surface area (Å²) in [6.07, 6.45) is 1.58. The Morgan fingerprint density at radius 1 is 1.41 bits per heavy atom. The maximum Gasteiger partial charge on any atom is 0.302 e. The largest absolute Gasteiger partial charge is 0.464 e. The number of aromatic nitrogens is 2. The number of rotatable bonds is 5. The SMILES string of the molecule is CC(=O)OCC(C)n1nccc1C(=O)C(C)C. The number of nitrogens with zero attached hydrogens (tertiary/aromatic N) is 2. The Bertz CT molecular complexity index is 410. The molecule has 0 aliphatic heterocycles. The van der Waals surface area contributed by atoms with E-state index in [1.165, 1.54) is 6.92 Å². The van der Waals surface area contributed by atoms with Gasteiger partial charge in [0.1, 0.15) is 12.3 Å². The van der Waals surface area contributed by atoms with E-state index in [0.717, 1.165) is 0 Å². The van der Waals surface area contributed by atoms with E-state index < -0.39 is 0 Å². The standard InChI is InChI=1S/C12H18N2O3/c1-8(2)12(16)11-5-6-13-14(11)9(3)7-17-10(4)15/h5-6,8-9H,7H2,1-4H3. The van der Waals surface area contributed by atoms with Gasteiger partial charge in [-0.2, -0.15) is 5.10 Å². The van der Waals surface area contributed by atoms with Crippen molar-refractivity contribution in [3.8, 4) is 0 Å². The molecule has 0 spiro atoms. The lowest BCUT2D eigenvalue weighted by atomic mass is 10.1. The van der Waals surface area contributed by atoms with E-state index >= 15 is 0 Å². The molecule has 1 aromatic heterocycles. The van der Waals surface area contributed by atoms with Crippen LogP contribution in [0.5, 0.6) is 0 Å². The van der Waals surface area contributed by atoms with Gasteiger partial charge >= 0.3 is 5.97 Å². The summed E-state index contributed by atoms with van der Waals surface area (Å²) in [5.74, 6) is -0.371. The van der Waals surface area contributed by atoms with Crippen molar-refractivity contribution in [2.75, 3.05) is 6.61 Å². The lowest BCUT2D eigenvalue weighted by molar-refractivity contribution is -0.142. The second-order valence-electron chi connectivity index (χ2n) is 4.33. The van der Waals surface area contributed by atoms with Crippen LogP contribution in [0.15, 0.2) is 12.3 Å². The zero-order valence-corrected chi connectivity index (χ0v) is 10.6. The third-order valence-electron chi connectivity index (χ3n) is 2.39. The van der Waals surface area contributed by atoms with E-state index in [-0.39, 0.29) is 30.3 Å². The number of hydrogen-bond donors (Lipinski definition) is 0. The zero-order chi connectivity index (χ0) is 13.0. The smallest absolute Gasteiger partial charge is 0.302 e. The molecule has 0 amide bonds. The van der Waals surface area contributed by atoms with Crippen LogP contribution in [0.3, 0.4) is 0 Å². The molecule has 0 bridgehead atoms. The number of ether oxygens (including phenoxy) is 1. The molecule has 94 valence electrons. The second kappa shape index (κ2) is 5.61. The van der Waals surface area contributed by atoms with Crippen molar-refractivity contribution in [2.24, 2.45) is 5.92 Å². The predicted octanol–water partition coefficient (Wildman–Crippen LogP) is 1.85. The Kier molecular flexibility index (Phi) is 4.43. The minimum atomic E-state index is -0.333. The van der Waals surface area contributed by atoms with Crippen LogP contribution in [0.25, 0.3) is 0 Å². The molecule has 1 atom stereocenters. The number of esters is 1. The van der Waals surface area contributed by atoms with Gasteiger partial charge in [0.05, 0.1) is 6.04 Å². The fourth-order valence-electron chi connectivity index (χ4n) is 1.46. The minimum absolute atomic E-state index is 0.0391. The monoisotopic (exact) mass is 238 g/mol. The number of carbonyl (C=O) groups excluding carboxylic acids is 2. The number of Topliss-reactive ketones (excluding diaryl/α,β-unsaturated/α-hetero) is 1. The molecular weight excluding hydrogens is 220 g/mol. The summed E-state index contributed by atoms with van der Waals surface area (Å²) >= 11 is 0. The van der Waals surface area contributed by atoms with Crippen molar-refractivity contribution >= 4 is 11.8 Å². The maximum absolute atomic E-state index is 11.9. The van der Waals surface area contributed by atoms with Crippen molar-refractivity contribution in [2.45, 2.75) is 33.7 Å². The van der Waals surface area contributed by atoms with Crippen LogP contribution in [0.1, 0.15) is 44.2 Å². The predicted molar refractivity (Wildman–Crippen MR) is 62.7 cm³/mol. The van der Waals surface area contributed by atoms with Crippen molar-refractivity contribution in [1.82, 2.24) is 9.78 Å². The summed E-state index contributed by atoms with van der Waals surface area (Å²) in [6.45, 7) is 7.12.